The van der Waals surface area contributed by atoms with Gasteiger partial charge >= 0.3 is 0 Å². The molecule has 0 spiro atoms. The zero-order chi connectivity index (χ0) is 14.7. The molecule has 1 aliphatic rings. The molecule has 110 valence electrons. The summed E-state index contributed by atoms with van der Waals surface area (Å²) in [5.74, 6) is 1.76. The van der Waals surface area contributed by atoms with Crippen molar-refractivity contribution in [1.29, 1.82) is 0 Å². The quantitative estimate of drug-likeness (QED) is 0.866. The summed E-state index contributed by atoms with van der Waals surface area (Å²) in [6.45, 7) is 0.791. The van der Waals surface area contributed by atoms with Crippen LogP contribution in [0.5, 0.6) is 5.75 Å². The second-order valence-corrected chi connectivity index (χ2v) is 5.25. The van der Waals surface area contributed by atoms with E-state index in [1.54, 1.807) is 13.4 Å². The number of amides is 1. The summed E-state index contributed by atoms with van der Waals surface area (Å²) < 4.78 is 10.8. The summed E-state index contributed by atoms with van der Waals surface area (Å²) in [5, 5.41) is 0. The minimum Gasteiger partial charge on any atom is -0.496 e. The van der Waals surface area contributed by atoms with Gasteiger partial charge in [0.2, 0.25) is 5.91 Å². The van der Waals surface area contributed by atoms with Crippen LogP contribution >= 0.6 is 0 Å². The largest absolute Gasteiger partial charge is 0.496 e. The predicted molar refractivity (Wildman–Crippen MR) is 79.1 cm³/mol. The number of ether oxygens (including phenoxy) is 1. The summed E-state index contributed by atoms with van der Waals surface area (Å²) in [6, 6.07) is 11.6. The highest BCUT2D eigenvalue weighted by atomic mass is 16.5. The van der Waals surface area contributed by atoms with Gasteiger partial charge in [0.05, 0.1) is 25.8 Å². The van der Waals surface area contributed by atoms with Crippen LogP contribution in [0.4, 0.5) is 0 Å². The van der Waals surface area contributed by atoms with Crippen LogP contribution < -0.4 is 4.74 Å². The first-order chi connectivity index (χ1) is 10.3. The molecule has 1 fully saturated rings. The predicted octanol–water partition coefficient (Wildman–Crippen LogP) is 3.19. The molecule has 2 aromatic rings. The highest BCUT2D eigenvalue weighted by molar-refractivity contribution is 5.80. The van der Waals surface area contributed by atoms with Gasteiger partial charge in [-0.3, -0.25) is 4.79 Å². The molecule has 0 unspecified atom stereocenters. The van der Waals surface area contributed by atoms with Gasteiger partial charge in [0.1, 0.15) is 11.5 Å². The summed E-state index contributed by atoms with van der Waals surface area (Å²) in [4.78, 5) is 14.5. The molecule has 1 saturated heterocycles. The van der Waals surface area contributed by atoms with Gasteiger partial charge in [0.15, 0.2) is 0 Å². The van der Waals surface area contributed by atoms with E-state index in [1.807, 2.05) is 41.3 Å². The Morgan fingerprint density at radius 1 is 1.33 bits per heavy atom. The lowest BCUT2D eigenvalue weighted by atomic mass is 10.1. The van der Waals surface area contributed by atoms with E-state index in [0.717, 1.165) is 36.5 Å². The lowest BCUT2D eigenvalue weighted by molar-refractivity contribution is -0.131. The lowest BCUT2D eigenvalue weighted by Crippen LogP contribution is -2.31. The molecule has 4 heteroatoms. The number of benzene rings is 1. The van der Waals surface area contributed by atoms with Crippen LogP contribution in [-0.4, -0.2) is 24.5 Å². The normalized spacial score (nSPS) is 18.0. The second kappa shape index (κ2) is 6.04. The summed E-state index contributed by atoms with van der Waals surface area (Å²) in [7, 11) is 1.63. The minimum absolute atomic E-state index is 0.0715. The molecule has 1 aliphatic heterocycles. The Labute approximate surface area is 124 Å². The van der Waals surface area contributed by atoms with Crippen molar-refractivity contribution in [2.24, 2.45) is 0 Å². The number of hydrogen-bond donors (Lipinski definition) is 0. The maximum absolute atomic E-state index is 12.6. The number of methoxy groups -OCH3 is 1. The van der Waals surface area contributed by atoms with Crippen LogP contribution in [0.2, 0.25) is 0 Å². The SMILES string of the molecule is COc1ccccc1CC(=O)N1CCC[C@H]1c1ccco1. The van der Waals surface area contributed by atoms with Crippen molar-refractivity contribution in [2.45, 2.75) is 25.3 Å². The van der Waals surface area contributed by atoms with E-state index in [2.05, 4.69) is 0 Å². The maximum atomic E-state index is 12.6. The van der Waals surface area contributed by atoms with Crippen LogP contribution in [0.1, 0.15) is 30.2 Å². The third-order valence-corrected chi connectivity index (χ3v) is 3.98. The van der Waals surface area contributed by atoms with Gasteiger partial charge in [-0.1, -0.05) is 18.2 Å². The molecule has 0 N–H and O–H groups in total. The Morgan fingerprint density at radius 3 is 2.95 bits per heavy atom. The molecule has 0 radical (unpaired) electrons. The molecule has 4 nitrogen and oxygen atoms in total. The Balaban J connectivity index is 1.75. The Kier molecular flexibility index (Phi) is 3.95. The van der Waals surface area contributed by atoms with E-state index in [0.29, 0.717) is 6.42 Å². The first-order valence-electron chi connectivity index (χ1n) is 7.24. The van der Waals surface area contributed by atoms with Gasteiger partial charge in [-0.15, -0.1) is 0 Å². The molecule has 21 heavy (non-hydrogen) atoms. The monoisotopic (exact) mass is 285 g/mol. The van der Waals surface area contributed by atoms with Crippen LogP contribution in [-0.2, 0) is 11.2 Å². The summed E-state index contributed by atoms with van der Waals surface area (Å²) in [5.41, 5.74) is 0.926. The molecule has 0 aliphatic carbocycles. The molecule has 1 aromatic heterocycles. The number of carbonyl (C=O) groups excluding carboxylic acids is 1. The third kappa shape index (κ3) is 2.79. The van der Waals surface area contributed by atoms with Gasteiger partial charge in [-0.2, -0.15) is 0 Å². The van der Waals surface area contributed by atoms with Gasteiger partial charge < -0.3 is 14.1 Å². The number of nitrogens with zero attached hydrogens (tertiary/aromatic N) is 1. The van der Waals surface area contributed by atoms with E-state index >= 15 is 0 Å². The van der Waals surface area contributed by atoms with Crippen molar-refractivity contribution in [3.63, 3.8) is 0 Å². The molecule has 1 aromatic carbocycles. The molecule has 1 amide bonds. The zero-order valence-electron chi connectivity index (χ0n) is 12.1. The van der Waals surface area contributed by atoms with Crippen LogP contribution in [0, 0.1) is 0 Å². The zero-order valence-corrected chi connectivity index (χ0v) is 12.1. The average Bonchev–Trinajstić information content (AvgIpc) is 3.18. The van der Waals surface area contributed by atoms with Crippen molar-refractivity contribution < 1.29 is 13.9 Å². The van der Waals surface area contributed by atoms with Crippen LogP contribution in [0.25, 0.3) is 0 Å². The number of rotatable bonds is 4. The van der Waals surface area contributed by atoms with E-state index in [4.69, 9.17) is 9.15 Å². The second-order valence-electron chi connectivity index (χ2n) is 5.25. The molecule has 3 rings (SSSR count). The number of hydrogen-bond acceptors (Lipinski definition) is 3. The number of carbonyl (C=O) groups is 1. The van der Waals surface area contributed by atoms with E-state index < -0.39 is 0 Å². The van der Waals surface area contributed by atoms with Crippen molar-refractivity contribution in [2.75, 3.05) is 13.7 Å². The maximum Gasteiger partial charge on any atom is 0.227 e. The summed E-state index contributed by atoms with van der Waals surface area (Å²) >= 11 is 0. The molecule has 2 heterocycles. The van der Waals surface area contributed by atoms with Crippen LogP contribution in [0.3, 0.4) is 0 Å². The molecule has 0 bridgehead atoms. The molecule has 0 saturated carbocycles. The average molecular weight is 285 g/mol. The number of para-hydroxylation sites is 1. The third-order valence-electron chi connectivity index (χ3n) is 3.98. The Bertz CT molecular complexity index is 606. The summed E-state index contributed by atoms with van der Waals surface area (Å²) in [6.07, 6.45) is 4.01. The van der Waals surface area contributed by atoms with Crippen LogP contribution in [0.15, 0.2) is 47.1 Å². The highest BCUT2D eigenvalue weighted by Gasteiger charge is 2.31. The van der Waals surface area contributed by atoms with E-state index in [1.165, 1.54) is 0 Å². The van der Waals surface area contributed by atoms with E-state index in [-0.39, 0.29) is 11.9 Å². The molecule has 1 atom stereocenters. The van der Waals surface area contributed by atoms with Gasteiger partial charge in [-0.05, 0) is 31.0 Å². The first kappa shape index (κ1) is 13.7. The fraction of sp³-hybridized carbons (Fsp3) is 0.353. The fourth-order valence-corrected chi connectivity index (χ4v) is 2.96. The van der Waals surface area contributed by atoms with Gasteiger partial charge in [0.25, 0.3) is 0 Å². The van der Waals surface area contributed by atoms with Crippen molar-refractivity contribution in [1.82, 2.24) is 4.90 Å². The number of furan rings is 1. The Morgan fingerprint density at radius 2 is 2.19 bits per heavy atom. The highest BCUT2D eigenvalue weighted by Crippen LogP contribution is 2.33. The Hall–Kier alpha value is -2.23. The fourth-order valence-electron chi connectivity index (χ4n) is 2.96. The molecular formula is C17H19NO3. The topological polar surface area (TPSA) is 42.7 Å². The minimum atomic E-state index is 0.0715. The smallest absolute Gasteiger partial charge is 0.227 e. The number of likely N-dealkylation sites (tertiary alicyclic amines) is 1. The van der Waals surface area contributed by atoms with Gasteiger partial charge in [0, 0.05) is 12.1 Å². The first-order valence-corrected chi connectivity index (χ1v) is 7.24. The molecular weight excluding hydrogens is 266 g/mol. The van der Waals surface area contributed by atoms with Crippen molar-refractivity contribution in [3.05, 3.63) is 54.0 Å². The van der Waals surface area contributed by atoms with Crippen molar-refractivity contribution in [3.8, 4) is 5.75 Å². The lowest BCUT2D eigenvalue weighted by Gasteiger charge is -2.23. The van der Waals surface area contributed by atoms with E-state index in [9.17, 15) is 4.79 Å². The standard InChI is InChI=1S/C17H19NO3/c1-20-15-8-3-2-6-13(15)12-17(19)18-10-4-7-14(18)16-9-5-11-21-16/h2-3,5-6,8-9,11,14H,4,7,10,12H2,1H3/t14-/m0/s1. The van der Waals surface area contributed by atoms with Gasteiger partial charge in [-0.25, -0.2) is 0 Å². The van der Waals surface area contributed by atoms with Crippen molar-refractivity contribution >= 4 is 5.91 Å².